The van der Waals surface area contributed by atoms with Crippen LogP contribution >= 0.6 is 0 Å². The van der Waals surface area contributed by atoms with E-state index in [9.17, 15) is 36.4 Å². The van der Waals surface area contributed by atoms with Gasteiger partial charge in [0.2, 0.25) is 11.6 Å². The molecular formula is C16H12N4O9S2. The van der Waals surface area contributed by atoms with Crippen molar-refractivity contribution in [2.24, 2.45) is 10.2 Å². The molecule has 0 fully saturated rings. The quantitative estimate of drug-likeness (QED) is 0.306. The summed E-state index contributed by atoms with van der Waals surface area (Å²) in [4.78, 5) is 10.5. The molecule has 0 saturated carbocycles. The molecule has 15 heteroatoms. The lowest BCUT2D eigenvalue weighted by atomic mass is 10.3. The van der Waals surface area contributed by atoms with Crippen LogP contribution in [0.3, 0.4) is 0 Å². The predicted octanol–water partition coefficient (Wildman–Crippen LogP) is 2.18. The van der Waals surface area contributed by atoms with E-state index in [1.165, 1.54) is 18.2 Å². The summed E-state index contributed by atoms with van der Waals surface area (Å²) in [6.07, 6.45) is 0. The number of azo groups is 1. The normalized spacial score (nSPS) is 12.3. The van der Waals surface area contributed by atoms with Gasteiger partial charge in [-0.15, -0.1) is 10.2 Å². The van der Waals surface area contributed by atoms with Gasteiger partial charge in [0.05, 0.1) is 10.6 Å². The van der Waals surface area contributed by atoms with Crippen molar-refractivity contribution in [3.8, 4) is 11.6 Å². The maximum absolute atomic E-state index is 11.5. The van der Waals surface area contributed by atoms with Crippen LogP contribution in [-0.2, 0) is 20.2 Å². The largest absolute Gasteiger partial charge is 0.492 e. The highest BCUT2D eigenvalue weighted by atomic mass is 32.2. The third-order valence-corrected chi connectivity index (χ3v) is 5.59. The van der Waals surface area contributed by atoms with Gasteiger partial charge in [0.25, 0.3) is 20.2 Å². The van der Waals surface area contributed by atoms with Crippen LogP contribution in [-0.4, -0.2) is 51.9 Å². The Morgan fingerprint density at radius 1 is 0.903 bits per heavy atom. The van der Waals surface area contributed by atoms with Gasteiger partial charge in [0.15, 0.2) is 5.69 Å². The number of rotatable bonds is 6. The van der Waals surface area contributed by atoms with Gasteiger partial charge in [-0.2, -0.15) is 26.6 Å². The molecule has 13 nitrogen and oxygen atoms in total. The lowest BCUT2D eigenvalue weighted by Crippen LogP contribution is -2.02. The van der Waals surface area contributed by atoms with Crippen molar-refractivity contribution in [3.63, 3.8) is 0 Å². The van der Waals surface area contributed by atoms with Gasteiger partial charge in [-0.05, 0) is 36.4 Å². The molecule has 0 unspecified atom stereocenters. The molecule has 162 valence electrons. The van der Waals surface area contributed by atoms with Crippen molar-refractivity contribution in [2.45, 2.75) is 9.79 Å². The number of carboxylic acids is 1. The Kier molecular flexibility index (Phi) is 5.60. The highest BCUT2D eigenvalue weighted by Gasteiger charge is 2.24. The second-order valence-corrected chi connectivity index (χ2v) is 8.66. The van der Waals surface area contributed by atoms with Crippen molar-refractivity contribution < 1.29 is 40.9 Å². The number of carbonyl (C=O) groups is 1. The minimum Gasteiger partial charge on any atom is -0.492 e. The van der Waals surface area contributed by atoms with Crippen LogP contribution < -0.4 is 0 Å². The highest BCUT2D eigenvalue weighted by molar-refractivity contribution is 7.86. The molecule has 31 heavy (non-hydrogen) atoms. The van der Waals surface area contributed by atoms with E-state index in [0.29, 0.717) is 0 Å². The van der Waals surface area contributed by atoms with E-state index in [-0.39, 0.29) is 11.4 Å². The summed E-state index contributed by atoms with van der Waals surface area (Å²) in [5, 5.41) is 30.6. The summed E-state index contributed by atoms with van der Waals surface area (Å²) in [5.41, 5.74) is -1.68. The van der Waals surface area contributed by atoms with Crippen LogP contribution in [0.25, 0.3) is 5.69 Å². The van der Waals surface area contributed by atoms with Crippen molar-refractivity contribution >= 4 is 37.6 Å². The molecule has 0 aliphatic carbocycles. The van der Waals surface area contributed by atoms with Gasteiger partial charge in [0, 0.05) is 0 Å². The standard InChI is InChI=1S/C16H12N4O9S2/c21-15-13(18-17-11-3-1-2-4-12(11)31(27,28)29)14(16(22)23)19-20(15)9-5-7-10(8-6-9)30(24,25)26/h1-8,21H,(H,22,23)(H,24,25,26)(H,27,28,29). The van der Waals surface area contributed by atoms with Gasteiger partial charge >= 0.3 is 5.97 Å². The average molecular weight is 468 g/mol. The third kappa shape index (κ3) is 4.58. The van der Waals surface area contributed by atoms with Gasteiger partial charge in [-0.25, -0.2) is 4.79 Å². The molecule has 1 aromatic heterocycles. The maximum atomic E-state index is 11.5. The van der Waals surface area contributed by atoms with Gasteiger partial charge in [-0.1, -0.05) is 12.1 Å². The zero-order valence-electron chi connectivity index (χ0n) is 15.1. The summed E-state index contributed by atoms with van der Waals surface area (Å²) in [7, 11) is -9.12. The predicted molar refractivity (Wildman–Crippen MR) is 102 cm³/mol. The zero-order valence-corrected chi connectivity index (χ0v) is 16.7. The first-order valence-corrected chi connectivity index (χ1v) is 10.9. The summed E-state index contributed by atoms with van der Waals surface area (Å²) < 4.78 is 64.1. The van der Waals surface area contributed by atoms with Gasteiger partial charge in [0.1, 0.15) is 10.6 Å². The van der Waals surface area contributed by atoms with E-state index in [1.807, 2.05) is 0 Å². The molecule has 0 amide bonds. The molecule has 4 N–H and O–H groups in total. The number of aromatic carboxylic acids is 1. The zero-order chi connectivity index (χ0) is 23.0. The van der Waals surface area contributed by atoms with E-state index < -0.39 is 53.3 Å². The fourth-order valence-corrected chi connectivity index (χ4v) is 3.54. The van der Waals surface area contributed by atoms with Crippen LogP contribution in [0.15, 0.2) is 68.6 Å². The Balaban J connectivity index is 2.10. The molecule has 0 saturated heterocycles. The summed E-state index contributed by atoms with van der Waals surface area (Å²) in [5.74, 6) is -2.40. The van der Waals surface area contributed by atoms with Crippen molar-refractivity contribution in [3.05, 3.63) is 54.2 Å². The molecule has 0 aliphatic rings. The fraction of sp³-hybridized carbons (Fsp3) is 0. The molecule has 1 heterocycles. The first-order valence-electron chi connectivity index (χ1n) is 8.01. The minimum absolute atomic E-state index is 0.0205. The molecule has 0 aliphatic heterocycles. The van der Waals surface area contributed by atoms with E-state index in [0.717, 1.165) is 35.0 Å². The average Bonchev–Trinajstić information content (AvgIpc) is 3.02. The first kappa shape index (κ1) is 22.0. The van der Waals surface area contributed by atoms with Crippen molar-refractivity contribution in [1.29, 1.82) is 0 Å². The van der Waals surface area contributed by atoms with Crippen molar-refractivity contribution in [1.82, 2.24) is 9.78 Å². The monoisotopic (exact) mass is 468 g/mol. The van der Waals surface area contributed by atoms with Gasteiger partial charge in [-0.3, -0.25) is 9.11 Å². The second-order valence-electron chi connectivity index (χ2n) is 5.85. The smallest absolute Gasteiger partial charge is 0.358 e. The number of nitrogens with zero attached hydrogens (tertiary/aromatic N) is 4. The van der Waals surface area contributed by atoms with Crippen LogP contribution in [0.5, 0.6) is 5.88 Å². The molecule has 0 spiro atoms. The van der Waals surface area contributed by atoms with Gasteiger partial charge < -0.3 is 10.2 Å². The first-order chi connectivity index (χ1) is 14.4. The second kappa shape index (κ2) is 7.88. The molecular weight excluding hydrogens is 456 g/mol. The number of aromatic hydroxyl groups is 1. The van der Waals surface area contributed by atoms with E-state index in [2.05, 4.69) is 15.3 Å². The Morgan fingerprint density at radius 3 is 2.06 bits per heavy atom. The van der Waals surface area contributed by atoms with E-state index in [4.69, 9.17) is 4.55 Å². The van der Waals surface area contributed by atoms with Crippen LogP contribution in [0.4, 0.5) is 11.4 Å². The lowest BCUT2D eigenvalue weighted by molar-refractivity contribution is 0.0690. The fourth-order valence-electron chi connectivity index (χ4n) is 2.44. The Bertz CT molecular complexity index is 1410. The van der Waals surface area contributed by atoms with Crippen LogP contribution in [0.2, 0.25) is 0 Å². The Hall–Kier alpha value is -3.66. The summed E-state index contributed by atoms with van der Waals surface area (Å²) in [6, 6.07) is 9.19. The topological polar surface area (TPSA) is 209 Å². The van der Waals surface area contributed by atoms with Crippen molar-refractivity contribution in [2.75, 3.05) is 0 Å². The molecule has 3 aromatic rings. The van der Waals surface area contributed by atoms with Crippen LogP contribution in [0, 0.1) is 0 Å². The number of benzene rings is 2. The lowest BCUT2D eigenvalue weighted by Gasteiger charge is -2.04. The molecule has 0 atom stereocenters. The number of carboxylic acid groups (broad SMARTS) is 1. The summed E-state index contributed by atoms with van der Waals surface area (Å²) >= 11 is 0. The maximum Gasteiger partial charge on any atom is 0.358 e. The molecule has 2 aromatic carbocycles. The molecule has 0 bridgehead atoms. The highest BCUT2D eigenvalue weighted by Crippen LogP contribution is 2.35. The third-order valence-electron chi connectivity index (χ3n) is 3.82. The number of hydrogen-bond donors (Lipinski definition) is 4. The van der Waals surface area contributed by atoms with Crippen LogP contribution in [0.1, 0.15) is 10.5 Å². The molecule has 0 radical (unpaired) electrons. The minimum atomic E-state index is -4.65. The number of hydrogen-bond acceptors (Lipinski definition) is 9. The summed E-state index contributed by atoms with van der Waals surface area (Å²) in [6.45, 7) is 0. The van der Waals surface area contributed by atoms with E-state index >= 15 is 0 Å². The SMILES string of the molecule is O=C(O)c1nn(-c2ccc(S(=O)(=O)O)cc2)c(O)c1N=Nc1ccccc1S(=O)(=O)O. The Morgan fingerprint density at radius 2 is 1.52 bits per heavy atom. The Labute approximate surface area is 174 Å². The number of aromatic nitrogens is 2. The van der Waals surface area contributed by atoms with E-state index in [1.54, 1.807) is 0 Å². The molecule has 3 rings (SSSR count).